The van der Waals surface area contributed by atoms with Gasteiger partial charge in [-0.1, -0.05) is 59.1 Å². The lowest BCUT2D eigenvalue weighted by Gasteiger charge is -2.12. The Morgan fingerprint density at radius 2 is 1.72 bits per heavy atom. The van der Waals surface area contributed by atoms with E-state index in [1.54, 1.807) is 30.3 Å². The van der Waals surface area contributed by atoms with Gasteiger partial charge in [0.2, 0.25) is 0 Å². The molecule has 0 aliphatic carbocycles. The van der Waals surface area contributed by atoms with Crippen molar-refractivity contribution in [1.29, 1.82) is 0 Å². The van der Waals surface area contributed by atoms with Crippen LogP contribution in [0.15, 0.2) is 66.7 Å². The maximum Gasteiger partial charge on any atom is 0.251 e. The van der Waals surface area contributed by atoms with Gasteiger partial charge in [-0.15, -0.1) is 0 Å². The van der Waals surface area contributed by atoms with E-state index in [4.69, 9.17) is 39.8 Å². The molecule has 0 fully saturated rings. The number of para-hydroxylation sites is 2. The normalized spacial score (nSPS) is 11.0. The van der Waals surface area contributed by atoms with E-state index in [0.717, 1.165) is 22.4 Å². The first-order chi connectivity index (χ1) is 14.0. The third-order valence-corrected chi connectivity index (χ3v) is 5.39. The molecule has 146 valence electrons. The molecule has 0 spiro atoms. The molecule has 4 nitrogen and oxygen atoms in total. The largest absolute Gasteiger partial charge is 0.345 e. The van der Waals surface area contributed by atoms with Gasteiger partial charge in [0.25, 0.3) is 5.91 Å². The molecule has 0 atom stereocenters. The van der Waals surface area contributed by atoms with Crippen LogP contribution in [0, 0.1) is 0 Å². The highest BCUT2D eigenvalue weighted by Crippen LogP contribution is 2.24. The van der Waals surface area contributed by atoms with Crippen LogP contribution in [0.2, 0.25) is 15.1 Å². The number of carbonyl (C=O) groups is 1. The number of aromatic nitrogens is 2. The van der Waals surface area contributed by atoms with E-state index < -0.39 is 0 Å². The minimum absolute atomic E-state index is 0.212. The topological polar surface area (TPSA) is 46.9 Å². The van der Waals surface area contributed by atoms with Crippen LogP contribution in [0.5, 0.6) is 0 Å². The van der Waals surface area contributed by atoms with Gasteiger partial charge in [0.15, 0.2) is 0 Å². The molecule has 4 rings (SSSR count). The molecular weight excluding hydrogens is 429 g/mol. The zero-order valence-electron chi connectivity index (χ0n) is 15.2. The molecule has 1 N–H and O–H groups in total. The van der Waals surface area contributed by atoms with Crippen molar-refractivity contribution in [3.05, 3.63) is 98.7 Å². The molecule has 3 aromatic carbocycles. The quantitative estimate of drug-likeness (QED) is 0.412. The second-order valence-electron chi connectivity index (χ2n) is 6.53. The van der Waals surface area contributed by atoms with Gasteiger partial charge in [0.05, 0.1) is 24.1 Å². The van der Waals surface area contributed by atoms with Crippen molar-refractivity contribution >= 4 is 51.7 Å². The summed E-state index contributed by atoms with van der Waals surface area (Å²) in [5.74, 6) is 0.517. The number of hydrogen-bond donors (Lipinski definition) is 1. The van der Waals surface area contributed by atoms with Crippen molar-refractivity contribution in [2.75, 3.05) is 0 Å². The van der Waals surface area contributed by atoms with Crippen molar-refractivity contribution in [1.82, 2.24) is 14.9 Å². The molecule has 7 heteroatoms. The van der Waals surface area contributed by atoms with Crippen LogP contribution < -0.4 is 5.32 Å². The Morgan fingerprint density at radius 1 is 0.931 bits per heavy atom. The number of hydrogen-bond acceptors (Lipinski definition) is 2. The fourth-order valence-electron chi connectivity index (χ4n) is 3.15. The zero-order chi connectivity index (χ0) is 20.4. The van der Waals surface area contributed by atoms with Crippen molar-refractivity contribution in [3.63, 3.8) is 0 Å². The van der Waals surface area contributed by atoms with Gasteiger partial charge < -0.3 is 9.88 Å². The lowest BCUT2D eigenvalue weighted by Crippen LogP contribution is -2.25. The predicted molar refractivity (Wildman–Crippen MR) is 118 cm³/mol. The number of carbonyl (C=O) groups excluding carboxylic acids is 1. The van der Waals surface area contributed by atoms with E-state index in [9.17, 15) is 4.79 Å². The fourth-order valence-corrected chi connectivity index (χ4v) is 3.81. The Bertz CT molecular complexity index is 1200. The van der Waals surface area contributed by atoms with Crippen LogP contribution in [0.1, 0.15) is 21.7 Å². The second kappa shape index (κ2) is 8.46. The highest BCUT2D eigenvalue weighted by Gasteiger charge is 2.14. The molecular formula is C22H16Cl3N3O. The number of imidazole rings is 1. The summed E-state index contributed by atoms with van der Waals surface area (Å²) in [6.07, 6.45) is 0. The number of nitrogens with one attached hydrogen (secondary N) is 1. The maximum absolute atomic E-state index is 12.5. The lowest BCUT2D eigenvalue weighted by atomic mass is 10.2. The SMILES string of the molecule is O=C(NCc1nc2ccccc2n1Cc1ccc(Cl)cc1Cl)c1cccc(Cl)c1. The number of fused-ring (bicyclic) bond motifs is 1. The summed E-state index contributed by atoms with van der Waals surface area (Å²) >= 11 is 18.4. The van der Waals surface area contributed by atoms with E-state index in [1.807, 2.05) is 41.0 Å². The van der Waals surface area contributed by atoms with Gasteiger partial charge in [-0.2, -0.15) is 0 Å². The summed E-state index contributed by atoms with van der Waals surface area (Å²) in [6.45, 7) is 0.782. The second-order valence-corrected chi connectivity index (χ2v) is 7.81. The Hall–Kier alpha value is -2.53. The Kier molecular flexibility index (Phi) is 5.76. The van der Waals surface area contributed by atoms with E-state index in [2.05, 4.69) is 5.32 Å². The molecule has 0 aliphatic rings. The summed E-state index contributed by atoms with van der Waals surface area (Å²) in [4.78, 5) is 17.2. The molecule has 29 heavy (non-hydrogen) atoms. The number of rotatable bonds is 5. The van der Waals surface area contributed by atoms with Crippen molar-refractivity contribution in [3.8, 4) is 0 Å². The molecule has 1 heterocycles. The third-order valence-electron chi connectivity index (χ3n) is 4.57. The first-order valence-corrected chi connectivity index (χ1v) is 10.1. The van der Waals surface area contributed by atoms with Crippen LogP contribution >= 0.6 is 34.8 Å². The standard InChI is InChI=1S/C22H16Cl3N3O/c23-16-5-3-4-14(10-16)22(29)26-12-21-27-19-6-1-2-7-20(19)28(21)13-15-8-9-17(24)11-18(15)25/h1-11H,12-13H2,(H,26,29). The first-order valence-electron chi connectivity index (χ1n) is 8.93. The first kappa shape index (κ1) is 19.8. The highest BCUT2D eigenvalue weighted by atomic mass is 35.5. The minimum atomic E-state index is -0.212. The van der Waals surface area contributed by atoms with Crippen molar-refractivity contribution < 1.29 is 4.79 Å². The number of amides is 1. The Balaban J connectivity index is 1.63. The third kappa shape index (κ3) is 4.40. The van der Waals surface area contributed by atoms with Gasteiger partial charge in [0.1, 0.15) is 5.82 Å². The molecule has 0 radical (unpaired) electrons. The van der Waals surface area contributed by atoms with Crippen LogP contribution in [0.3, 0.4) is 0 Å². The minimum Gasteiger partial charge on any atom is -0.345 e. The van der Waals surface area contributed by atoms with Gasteiger partial charge in [-0.3, -0.25) is 4.79 Å². The number of nitrogens with zero attached hydrogens (tertiary/aromatic N) is 2. The summed E-state index contributed by atoms with van der Waals surface area (Å²) in [6, 6.07) is 20.1. The van der Waals surface area contributed by atoms with E-state index in [0.29, 0.717) is 27.2 Å². The van der Waals surface area contributed by atoms with E-state index in [-0.39, 0.29) is 12.5 Å². The molecule has 4 aromatic rings. The van der Waals surface area contributed by atoms with Gasteiger partial charge in [-0.05, 0) is 48.0 Å². The fraction of sp³-hybridized carbons (Fsp3) is 0.0909. The summed E-state index contributed by atoms with van der Waals surface area (Å²) < 4.78 is 2.04. The smallest absolute Gasteiger partial charge is 0.251 e. The van der Waals surface area contributed by atoms with Crippen LogP contribution in [0.4, 0.5) is 0 Å². The molecule has 0 unspecified atom stereocenters. The zero-order valence-corrected chi connectivity index (χ0v) is 17.5. The molecule has 0 saturated heterocycles. The number of halogens is 3. The van der Waals surface area contributed by atoms with Crippen LogP contribution in [0.25, 0.3) is 11.0 Å². The van der Waals surface area contributed by atoms with Crippen LogP contribution in [-0.4, -0.2) is 15.5 Å². The van der Waals surface area contributed by atoms with E-state index >= 15 is 0 Å². The molecule has 0 bridgehead atoms. The average molecular weight is 445 g/mol. The van der Waals surface area contributed by atoms with Crippen molar-refractivity contribution in [2.45, 2.75) is 13.1 Å². The molecule has 0 saturated carbocycles. The average Bonchev–Trinajstić information content (AvgIpc) is 3.05. The van der Waals surface area contributed by atoms with Crippen LogP contribution in [-0.2, 0) is 13.1 Å². The lowest BCUT2D eigenvalue weighted by molar-refractivity contribution is 0.0949. The molecule has 1 aromatic heterocycles. The molecule has 1 amide bonds. The molecule has 0 aliphatic heterocycles. The van der Waals surface area contributed by atoms with Crippen molar-refractivity contribution in [2.24, 2.45) is 0 Å². The maximum atomic E-state index is 12.5. The summed E-state index contributed by atoms with van der Waals surface area (Å²) in [5.41, 5.74) is 3.23. The van der Waals surface area contributed by atoms with Gasteiger partial charge in [0, 0.05) is 20.6 Å². The predicted octanol–water partition coefficient (Wildman–Crippen LogP) is 5.97. The highest BCUT2D eigenvalue weighted by molar-refractivity contribution is 6.35. The summed E-state index contributed by atoms with van der Waals surface area (Å²) in [7, 11) is 0. The monoisotopic (exact) mass is 443 g/mol. The summed E-state index contributed by atoms with van der Waals surface area (Å²) in [5, 5.41) is 4.61. The number of benzene rings is 3. The Labute approximate surface area is 183 Å². The van der Waals surface area contributed by atoms with Gasteiger partial charge >= 0.3 is 0 Å². The van der Waals surface area contributed by atoms with Gasteiger partial charge in [-0.25, -0.2) is 4.98 Å². The van der Waals surface area contributed by atoms with E-state index in [1.165, 1.54) is 0 Å². The Morgan fingerprint density at radius 3 is 2.52 bits per heavy atom.